The maximum Gasteiger partial charge on any atom is 0.321 e. The number of amides is 3. The number of thiazole rings is 1. The maximum atomic E-state index is 12.8. The molecule has 0 saturated carbocycles. The second-order valence-electron chi connectivity index (χ2n) is 8.74. The Morgan fingerprint density at radius 1 is 0.895 bits per heavy atom. The lowest BCUT2D eigenvalue weighted by Crippen LogP contribution is -2.28. The second-order valence-corrected chi connectivity index (χ2v) is 9.74. The summed E-state index contributed by atoms with van der Waals surface area (Å²) in [4.78, 5) is 41.7. The van der Waals surface area contributed by atoms with Gasteiger partial charge < -0.3 is 20.5 Å². The first-order valence-corrected chi connectivity index (χ1v) is 12.9. The van der Waals surface area contributed by atoms with Crippen molar-refractivity contribution < 1.29 is 19.5 Å². The number of aliphatic carboxylic acids is 1. The average molecular weight is 528 g/mol. The van der Waals surface area contributed by atoms with Crippen LogP contribution < -0.4 is 21.1 Å². The third-order valence-electron chi connectivity index (χ3n) is 5.84. The average Bonchev–Trinajstić information content (AvgIpc) is 3.27. The Kier molecular flexibility index (Phi) is 8.84. The van der Waals surface area contributed by atoms with Crippen molar-refractivity contribution in [3.8, 4) is 10.4 Å². The molecule has 8 nitrogen and oxygen atoms in total. The van der Waals surface area contributed by atoms with Crippen molar-refractivity contribution in [3.05, 3.63) is 102 Å². The Hall–Kier alpha value is -4.50. The van der Waals surface area contributed by atoms with Crippen molar-refractivity contribution in [3.63, 3.8) is 0 Å². The maximum absolute atomic E-state index is 12.8. The van der Waals surface area contributed by atoms with Gasteiger partial charge in [-0.25, -0.2) is 9.78 Å². The fraction of sp³-hybridized carbons (Fsp3) is 0.172. The van der Waals surface area contributed by atoms with Crippen molar-refractivity contribution in [1.82, 2.24) is 10.3 Å². The zero-order chi connectivity index (χ0) is 26.9. The van der Waals surface area contributed by atoms with Crippen LogP contribution >= 0.6 is 11.3 Å². The molecule has 4 rings (SSSR count). The van der Waals surface area contributed by atoms with Gasteiger partial charge in [-0.15, -0.1) is 0 Å². The third kappa shape index (κ3) is 7.50. The topological polar surface area (TPSA) is 123 Å². The van der Waals surface area contributed by atoms with Crippen LogP contribution in [-0.2, 0) is 16.1 Å². The third-order valence-corrected chi connectivity index (χ3v) is 6.96. The lowest BCUT2D eigenvalue weighted by atomic mass is 9.92. The number of nitrogens with zero attached hydrogens (tertiary/aromatic N) is 1. The largest absolute Gasteiger partial charge is 0.550 e. The van der Waals surface area contributed by atoms with Crippen LogP contribution in [0.5, 0.6) is 0 Å². The SMILES string of the molecule is Cc1nc(NC(=O)NCc2ccccc2)sc1-c1cccc(NC(=O)CC(CC(=O)[O-])c2ccccc2)c1. The van der Waals surface area contributed by atoms with Crippen LogP contribution in [0.25, 0.3) is 10.4 Å². The molecule has 0 radical (unpaired) electrons. The van der Waals surface area contributed by atoms with Gasteiger partial charge in [0.25, 0.3) is 0 Å². The van der Waals surface area contributed by atoms with E-state index in [4.69, 9.17) is 0 Å². The van der Waals surface area contributed by atoms with Crippen LogP contribution in [0.2, 0.25) is 0 Å². The van der Waals surface area contributed by atoms with Gasteiger partial charge in [-0.3, -0.25) is 10.1 Å². The standard InChI is InChI=1S/C29H28N4O4S/c1-19-27(38-29(31-19)33-28(37)30-18-20-9-4-2-5-10-20)22-13-8-14-24(15-22)32-25(34)16-23(17-26(35)36)21-11-6-3-7-12-21/h2-15,23H,16-18H2,1H3,(H,32,34)(H,35,36)(H2,30,31,33,37)/p-1. The van der Waals surface area contributed by atoms with Crippen LogP contribution in [0.3, 0.4) is 0 Å². The summed E-state index contributed by atoms with van der Waals surface area (Å²) >= 11 is 1.34. The molecule has 4 aromatic rings. The van der Waals surface area contributed by atoms with Crippen LogP contribution in [0, 0.1) is 6.92 Å². The Morgan fingerprint density at radius 3 is 2.32 bits per heavy atom. The minimum absolute atomic E-state index is 0.00790. The molecule has 1 atom stereocenters. The normalized spacial score (nSPS) is 11.4. The lowest BCUT2D eigenvalue weighted by molar-refractivity contribution is -0.306. The van der Waals surface area contributed by atoms with E-state index >= 15 is 0 Å². The number of rotatable bonds is 10. The number of aromatic nitrogens is 1. The molecule has 0 saturated heterocycles. The molecule has 1 aromatic heterocycles. The molecule has 0 aliphatic heterocycles. The molecule has 3 amide bonds. The molecule has 0 fully saturated rings. The van der Waals surface area contributed by atoms with Gasteiger partial charge in [0.1, 0.15) is 0 Å². The first kappa shape index (κ1) is 26.6. The Balaban J connectivity index is 1.39. The van der Waals surface area contributed by atoms with Crippen molar-refractivity contribution in [2.75, 3.05) is 10.6 Å². The number of anilines is 2. The molecular formula is C29H27N4O4S-. The predicted octanol–water partition coefficient (Wildman–Crippen LogP) is 4.69. The van der Waals surface area contributed by atoms with Gasteiger partial charge >= 0.3 is 6.03 Å². The first-order chi connectivity index (χ1) is 18.4. The number of carbonyl (C=O) groups excluding carboxylic acids is 3. The van der Waals surface area contributed by atoms with Gasteiger partial charge in [0.05, 0.1) is 10.6 Å². The molecular weight excluding hydrogens is 500 g/mol. The minimum Gasteiger partial charge on any atom is -0.550 e. The minimum atomic E-state index is -1.20. The number of hydrogen-bond acceptors (Lipinski definition) is 6. The summed E-state index contributed by atoms with van der Waals surface area (Å²) in [6.45, 7) is 2.26. The number of urea groups is 1. The van der Waals surface area contributed by atoms with Gasteiger partial charge in [0.15, 0.2) is 5.13 Å². The second kappa shape index (κ2) is 12.6. The van der Waals surface area contributed by atoms with E-state index in [1.165, 1.54) is 11.3 Å². The van der Waals surface area contributed by atoms with Crippen LogP contribution in [0.15, 0.2) is 84.9 Å². The highest BCUT2D eigenvalue weighted by atomic mass is 32.1. The lowest BCUT2D eigenvalue weighted by Gasteiger charge is -2.18. The van der Waals surface area contributed by atoms with E-state index < -0.39 is 11.9 Å². The number of benzene rings is 3. The number of hydrogen-bond donors (Lipinski definition) is 3. The monoisotopic (exact) mass is 527 g/mol. The van der Waals surface area contributed by atoms with E-state index in [1.54, 1.807) is 6.07 Å². The molecule has 3 aromatic carbocycles. The molecule has 3 N–H and O–H groups in total. The smallest absolute Gasteiger partial charge is 0.321 e. The van der Waals surface area contributed by atoms with Crippen LogP contribution in [0.4, 0.5) is 15.6 Å². The summed E-state index contributed by atoms with van der Waals surface area (Å²) in [7, 11) is 0. The summed E-state index contributed by atoms with van der Waals surface area (Å²) in [6.07, 6.45) is -0.236. The van der Waals surface area contributed by atoms with Gasteiger partial charge in [0.2, 0.25) is 5.91 Å². The van der Waals surface area contributed by atoms with E-state index in [0.29, 0.717) is 17.4 Å². The fourth-order valence-corrected chi connectivity index (χ4v) is 5.00. The molecule has 9 heteroatoms. The summed E-state index contributed by atoms with van der Waals surface area (Å²) < 4.78 is 0. The Morgan fingerprint density at radius 2 is 1.61 bits per heavy atom. The van der Waals surface area contributed by atoms with Crippen LogP contribution in [0.1, 0.15) is 35.6 Å². The molecule has 1 heterocycles. The van der Waals surface area contributed by atoms with Crippen LogP contribution in [-0.4, -0.2) is 22.9 Å². The summed E-state index contributed by atoms with van der Waals surface area (Å²) in [5.41, 5.74) is 3.93. The zero-order valence-electron chi connectivity index (χ0n) is 20.8. The van der Waals surface area contributed by atoms with E-state index in [1.807, 2.05) is 85.8 Å². The number of carboxylic acid groups (broad SMARTS) is 1. The van der Waals surface area contributed by atoms with E-state index in [2.05, 4.69) is 20.9 Å². The zero-order valence-corrected chi connectivity index (χ0v) is 21.6. The highest BCUT2D eigenvalue weighted by molar-refractivity contribution is 7.19. The molecule has 0 aliphatic carbocycles. The highest BCUT2D eigenvalue weighted by Crippen LogP contribution is 2.34. The van der Waals surface area contributed by atoms with E-state index in [-0.39, 0.29) is 24.8 Å². The molecule has 1 unspecified atom stereocenters. The number of aryl methyl sites for hydroxylation is 1. The van der Waals surface area contributed by atoms with Gasteiger partial charge in [-0.2, -0.15) is 0 Å². The summed E-state index contributed by atoms with van der Waals surface area (Å²) in [5, 5.41) is 20.2. The fourth-order valence-electron chi connectivity index (χ4n) is 4.05. The van der Waals surface area contributed by atoms with Crippen molar-refractivity contribution in [1.29, 1.82) is 0 Å². The molecule has 194 valence electrons. The van der Waals surface area contributed by atoms with Crippen molar-refractivity contribution in [2.24, 2.45) is 0 Å². The Bertz CT molecular complexity index is 1410. The van der Waals surface area contributed by atoms with E-state index in [0.717, 1.165) is 27.3 Å². The van der Waals surface area contributed by atoms with Gasteiger partial charge in [0, 0.05) is 24.6 Å². The number of carbonyl (C=O) groups is 3. The number of nitrogens with one attached hydrogen (secondary N) is 3. The van der Waals surface area contributed by atoms with Gasteiger partial charge in [-0.1, -0.05) is 84.1 Å². The first-order valence-electron chi connectivity index (χ1n) is 12.1. The number of carboxylic acids is 1. The van der Waals surface area contributed by atoms with E-state index in [9.17, 15) is 19.5 Å². The molecule has 0 spiro atoms. The summed E-state index contributed by atoms with van der Waals surface area (Å²) in [5.74, 6) is -1.99. The predicted molar refractivity (Wildman–Crippen MR) is 147 cm³/mol. The highest BCUT2D eigenvalue weighted by Gasteiger charge is 2.17. The van der Waals surface area contributed by atoms with Crippen molar-refractivity contribution >= 4 is 40.1 Å². The Labute approximate surface area is 224 Å². The molecule has 38 heavy (non-hydrogen) atoms. The van der Waals surface area contributed by atoms with Crippen molar-refractivity contribution in [2.45, 2.75) is 32.2 Å². The van der Waals surface area contributed by atoms with Gasteiger partial charge in [-0.05, 0) is 48.1 Å². The molecule has 0 aliphatic rings. The summed E-state index contributed by atoms with van der Waals surface area (Å²) in [6, 6.07) is 25.7. The molecule has 0 bridgehead atoms. The quantitative estimate of drug-likeness (QED) is 0.276.